The van der Waals surface area contributed by atoms with E-state index in [4.69, 9.17) is 0 Å². The Labute approximate surface area is 128 Å². The van der Waals surface area contributed by atoms with Crippen LogP contribution in [0.25, 0.3) is 0 Å². The number of rotatable bonds is 4. The molecule has 0 aromatic heterocycles. The van der Waals surface area contributed by atoms with Crippen LogP contribution in [0.3, 0.4) is 0 Å². The van der Waals surface area contributed by atoms with E-state index in [0.29, 0.717) is 6.04 Å². The van der Waals surface area contributed by atoms with Gasteiger partial charge < -0.3 is 5.32 Å². The van der Waals surface area contributed by atoms with Gasteiger partial charge in [-0.15, -0.1) is 0 Å². The molecule has 1 heteroatoms. The molecule has 1 N–H and O–H groups in total. The standard InChI is InChI=1S/C20H25N/c1-15-10-11-16(2)18(14-15)19(21-3)20(12-7-13-20)17-8-5-4-6-9-17/h4-6,8-11,14,19,21H,7,12-13H2,1-3H3. The van der Waals surface area contributed by atoms with Crippen LogP contribution in [0.1, 0.15) is 47.6 Å². The first-order valence-electron chi connectivity index (χ1n) is 7.97. The first-order valence-corrected chi connectivity index (χ1v) is 7.97. The fraction of sp³-hybridized carbons (Fsp3) is 0.400. The van der Waals surface area contributed by atoms with Gasteiger partial charge >= 0.3 is 0 Å². The summed E-state index contributed by atoms with van der Waals surface area (Å²) in [4.78, 5) is 0. The van der Waals surface area contributed by atoms with Crippen LogP contribution in [0.15, 0.2) is 48.5 Å². The van der Waals surface area contributed by atoms with Gasteiger partial charge in [-0.25, -0.2) is 0 Å². The highest BCUT2D eigenvalue weighted by molar-refractivity contribution is 5.40. The zero-order valence-corrected chi connectivity index (χ0v) is 13.3. The van der Waals surface area contributed by atoms with Crippen molar-refractivity contribution in [3.8, 4) is 0 Å². The number of aryl methyl sites for hydroxylation is 2. The second-order valence-electron chi connectivity index (χ2n) is 6.46. The molecule has 1 fully saturated rings. The molecule has 1 aliphatic rings. The monoisotopic (exact) mass is 279 g/mol. The van der Waals surface area contributed by atoms with E-state index in [0.717, 1.165) is 0 Å². The van der Waals surface area contributed by atoms with Gasteiger partial charge in [0, 0.05) is 11.5 Å². The molecule has 0 bridgehead atoms. The van der Waals surface area contributed by atoms with E-state index in [2.05, 4.69) is 74.7 Å². The predicted octanol–water partition coefficient (Wildman–Crippen LogP) is 4.69. The summed E-state index contributed by atoms with van der Waals surface area (Å²) in [5.41, 5.74) is 5.94. The Hall–Kier alpha value is -1.60. The summed E-state index contributed by atoms with van der Waals surface area (Å²) in [6.07, 6.45) is 3.88. The summed E-state index contributed by atoms with van der Waals surface area (Å²) in [7, 11) is 2.11. The van der Waals surface area contributed by atoms with Crippen molar-refractivity contribution in [1.82, 2.24) is 5.32 Å². The molecule has 1 unspecified atom stereocenters. The first-order chi connectivity index (χ1) is 10.2. The average molecular weight is 279 g/mol. The molecule has 0 amide bonds. The molecule has 2 aromatic carbocycles. The van der Waals surface area contributed by atoms with Crippen LogP contribution in [-0.4, -0.2) is 7.05 Å². The highest BCUT2D eigenvalue weighted by Crippen LogP contribution is 2.52. The highest BCUT2D eigenvalue weighted by atomic mass is 14.9. The molecular formula is C20H25N. The molecule has 0 saturated heterocycles. The van der Waals surface area contributed by atoms with E-state index in [1.807, 2.05) is 0 Å². The lowest BCUT2D eigenvalue weighted by Gasteiger charge is -2.49. The molecule has 0 spiro atoms. The van der Waals surface area contributed by atoms with E-state index in [-0.39, 0.29) is 5.41 Å². The average Bonchev–Trinajstić information content (AvgIpc) is 2.46. The van der Waals surface area contributed by atoms with Crippen molar-refractivity contribution in [2.75, 3.05) is 7.05 Å². The van der Waals surface area contributed by atoms with Crippen molar-refractivity contribution in [2.45, 2.75) is 44.6 Å². The number of benzene rings is 2. The number of nitrogens with one attached hydrogen (secondary N) is 1. The molecule has 2 aromatic rings. The topological polar surface area (TPSA) is 12.0 Å². The van der Waals surface area contributed by atoms with Gasteiger partial charge in [-0.05, 0) is 50.4 Å². The normalized spacial score (nSPS) is 18.0. The minimum Gasteiger partial charge on any atom is -0.312 e. The van der Waals surface area contributed by atoms with Crippen molar-refractivity contribution < 1.29 is 0 Å². The fourth-order valence-electron chi connectivity index (χ4n) is 3.87. The minimum atomic E-state index is 0.258. The van der Waals surface area contributed by atoms with Crippen molar-refractivity contribution in [2.24, 2.45) is 0 Å². The molecule has 1 aliphatic carbocycles. The van der Waals surface area contributed by atoms with E-state index in [1.165, 1.54) is 41.5 Å². The zero-order valence-electron chi connectivity index (χ0n) is 13.3. The summed E-state index contributed by atoms with van der Waals surface area (Å²) < 4.78 is 0. The van der Waals surface area contributed by atoms with Gasteiger partial charge in [-0.1, -0.05) is 60.5 Å². The highest BCUT2D eigenvalue weighted by Gasteiger charge is 2.45. The number of likely N-dealkylation sites (N-methyl/N-ethyl adjacent to an activating group) is 1. The van der Waals surface area contributed by atoms with Crippen LogP contribution in [-0.2, 0) is 5.41 Å². The SMILES string of the molecule is CNC(c1cc(C)ccc1C)C1(c2ccccc2)CCC1. The van der Waals surface area contributed by atoms with Crippen LogP contribution >= 0.6 is 0 Å². The Bertz CT molecular complexity index is 611. The van der Waals surface area contributed by atoms with Gasteiger partial charge in [-0.3, -0.25) is 0 Å². The molecule has 0 radical (unpaired) electrons. The first kappa shape index (κ1) is 14.3. The summed E-state index contributed by atoms with van der Waals surface area (Å²) in [6.45, 7) is 4.42. The summed E-state index contributed by atoms with van der Waals surface area (Å²) in [6, 6.07) is 18.3. The Kier molecular flexibility index (Phi) is 3.86. The molecule has 1 atom stereocenters. The lowest BCUT2D eigenvalue weighted by Crippen LogP contribution is -2.46. The molecule has 1 saturated carbocycles. The third kappa shape index (κ3) is 2.40. The summed E-state index contributed by atoms with van der Waals surface area (Å²) >= 11 is 0. The van der Waals surface area contributed by atoms with E-state index in [1.54, 1.807) is 0 Å². The summed E-state index contributed by atoms with van der Waals surface area (Å²) in [5.74, 6) is 0. The van der Waals surface area contributed by atoms with Gasteiger partial charge in [-0.2, -0.15) is 0 Å². The van der Waals surface area contributed by atoms with Crippen molar-refractivity contribution in [1.29, 1.82) is 0 Å². The van der Waals surface area contributed by atoms with Crippen molar-refractivity contribution in [3.63, 3.8) is 0 Å². The third-order valence-corrected chi connectivity index (χ3v) is 5.18. The van der Waals surface area contributed by atoms with Crippen LogP contribution in [0.5, 0.6) is 0 Å². The van der Waals surface area contributed by atoms with Gasteiger partial charge in [0.15, 0.2) is 0 Å². The molecule has 3 rings (SSSR count). The molecule has 110 valence electrons. The Morgan fingerprint density at radius 1 is 1.00 bits per heavy atom. The Balaban J connectivity index is 2.08. The maximum absolute atomic E-state index is 3.63. The Morgan fingerprint density at radius 2 is 1.71 bits per heavy atom. The largest absolute Gasteiger partial charge is 0.312 e. The second-order valence-corrected chi connectivity index (χ2v) is 6.46. The quantitative estimate of drug-likeness (QED) is 0.856. The van der Waals surface area contributed by atoms with E-state index < -0.39 is 0 Å². The minimum absolute atomic E-state index is 0.258. The molecule has 0 aliphatic heterocycles. The van der Waals surface area contributed by atoms with Crippen LogP contribution in [0, 0.1) is 13.8 Å². The van der Waals surface area contributed by atoms with Crippen molar-refractivity contribution >= 4 is 0 Å². The molecule has 1 nitrogen and oxygen atoms in total. The van der Waals surface area contributed by atoms with Gasteiger partial charge in [0.25, 0.3) is 0 Å². The lowest BCUT2D eigenvalue weighted by atomic mass is 9.58. The molecular weight excluding hydrogens is 254 g/mol. The van der Waals surface area contributed by atoms with E-state index >= 15 is 0 Å². The van der Waals surface area contributed by atoms with Crippen molar-refractivity contribution in [3.05, 3.63) is 70.8 Å². The molecule has 21 heavy (non-hydrogen) atoms. The van der Waals surface area contributed by atoms with Gasteiger partial charge in [0.2, 0.25) is 0 Å². The summed E-state index contributed by atoms with van der Waals surface area (Å²) in [5, 5.41) is 3.63. The smallest absolute Gasteiger partial charge is 0.0418 e. The van der Waals surface area contributed by atoms with Gasteiger partial charge in [0.05, 0.1) is 0 Å². The van der Waals surface area contributed by atoms with Gasteiger partial charge in [0.1, 0.15) is 0 Å². The van der Waals surface area contributed by atoms with Crippen LogP contribution in [0.4, 0.5) is 0 Å². The zero-order chi connectivity index (χ0) is 14.9. The van der Waals surface area contributed by atoms with E-state index in [9.17, 15) is 0 Å². The second kappa shape index (κ2) is 5.65. The third-order valence-electron chi connectivity index (χ3n) is 5.18. The predicted molar refractivity (Wildman–Crippen MR) is 89.7 cm³/mol. The maximum Gasteiger partial charge on any atom is 0.0418 e. The Morgan fingerprint density at radius 3 is 2.29 bits per heavy atom. The lowest BCUT2D eigenvalue weighted by molar-refractivity contribution is 0.175. The number of hydrogen-bond donors (Lipinski definition) is 1. The molecule has 0 heterocycles. The maximum atomic E-state index is 3.63. The number of hydrogen-bond acceptors (Lipinski definition) is 1. The van der Waals surface area contributed by atoms with Crippen LogP contribution in [0.2, 0.25) is 0 Å². The fourth-order valence-corrected chi connectivity index (χ4v) is 3.87. The van der Waals surface area contributed by atoms with Crippen LogP contribution < -0.4 is 5.32 Å².